The van der Waals surface area contributed by atoms with E-state index in [1.165, 1.54) is 30.4 Å². The Labute approximate surface area is 140 Å². The molecule has 3 nitrogen and oxygen atoms in total. The molecular weight excluding hydrogens is 284 g/mol. The molecule has 3 atom stereocenters. The lowest BCUT2D eigenvalue weighted by Crippen LogP contribution is -2.37. The quantitative estimate of drug-likeness (QED) is 0.918. The molecule has 1 aromatic rings. The number of likely N-dealkylation sites (tertiary alicyclic amines) is 1. The van der Waals surface area contributed by atoms with Crippen molar-refractivity contribution in [3.8, 4) is 0 Å². The summed E-state index contributed by atoms with van der Waals surface area (Å²) in [7, 11) is 0. The smallest absolute Gasteiger partial charge is 0.223 e. The highest BCUT2D eigenvalue weighted by Crippen LogP contribution is 2.33. The molecular formula is C20H30N2O. The van der Waals surface area contributed by atoms with Crippen LogP contribution in [0.3, 0.4) is 0 Å². The van der Waals surface area contributed by atoms with E-state index in [0.717, 1.165) is 32.2 Å². The zero-order valence-electron chi connectivity index (χ0n) is 14.3. The topological polar surface area (TPSA) is 46.3 Å². The van der Waals surface area contributed by atoms with Gasteiger partial charge in [-0.2, -0.15) is 0 Å². The molecule has 1 amide bonds. The van der Waals surface area contributed by atoms with Gasteiger partial charge in [0.05, 0.1) is 6.04 Å². The second-order valence-corrected chi connectivity index (χ2v) is 7.43. The fourth-order valence-corrected chi connectivity index (χ4v) is 4.29. The number of aryl methyl sites for hydroxylation is 1. The first-order chi connectivity index (χ1) is 11.1. The minimum absolute atomic E-state index is 0.225. The molecule has 1 saturated heterocycles. The number of benzene rings is 1. The highest BCUT2D eigenvalue weighted by molar-refractivity contribution is 5.77. The Balaban J connectivity index is 1.76. The van der Waals surface area contributed by atoms with Gasteiger partial charge in [-0.15, -0.1) is 0 Å². The van der Waals surface area contributed by atoms with Crippen LogP contribution in [0.1, 0.15) is 68.5 Å². The molecule has 2 fully saturated rings. The average Bonchev–Trinajstić information content (AvgIpc) is 2.80. The number of hydrogen-bond donors (Lipinski definition) is 1. The van der Waals surface area contributed by atoms with Crippen molar-refractivity contribution in [3.63, 3.8) is 0 Å². The van der Waals surface area contributed by atoms with Crippen LogP contribution in [-0.4, -0.2) is 23.4 Å². The number of amides is 1. The molecule has 2 N–H and O–H groups in total. The van der Waals surface area contributed by atoms with Crippen LogP contribution in [0.15, 0.2) is 24.3 Å². The molecule has 1 aliphatic heterocycles. The second-order valence-electron chi connectivity index (χ2n) is 7.43. The first-order valence-corrected chi connectivity index (χ1v) is 9.27. The van der Waals surface area contributed by atoms with Crippen molar-refractivity contribution in [3.05, 3.63) is 35.4 Å². The molecule has 1 heterocycles. The van der Waals surface area contributed by atoms with Crippen molar-refractivity contribution in [1.29, 1.82) is 0 Å². The molecule has 0 aromatic heterocycles. The van der Waals surface area contributed by atoms with Crippen LogP contribution in [0.5, 0.6) is 0 Å². The number of carbonyl (C=O) groups excluding carboxylic acids is 1. The fourth-order valence-electron chi connectivity index (χ4n) is 4.29. The van der Waals surface area contributed by atoms with E-state index in [9.17, 15) is 4.79 Å². The van der Waals surface area contributed by atoms with E-state index in [1.807, 2.05) is 0 Å². The third-order valence-corrected chi connectivity index (χ3v) is 5.65. The Morgan fingerprint density at radius 3 is 2.78 bits per heavy atom. The molecule has 1 unspecified atom stereocenters. The first-order valence-electron chi connectivity index (χ1n) is 9.27. The lowest BCUT2D eigenvalue weighted by Gasteiger charge is -2.32. The Morgan fingerprint density at radius 2 is 2.04 bits per heavy atom. The molecule has 3 rings (SSSR count). The Kier molecular flexibility index (Phi) is 5.37. The summed E-state index contributed by atoms with van der Waals surface area (Å²) < 4.78 is 0. The monoisotopic (exact) mass is 314 g/mol. The standard InChI is InChI=1S/C20H30N2O/c1-15-7-5-9-17(13-15)19-11-3-2-4-12-22(19)20(23)14-16-8-6-10-18(16)21/h5,7,9,13,16,18-19H,2-4,6,8,10-12,14,21H2,1H3/t16-,18+,19?/m0/s1. The zero-order chi connectivity index (χ0) is 16.2. The van der Waals surface area contributed by atoms with Gasteiger partial charge in [-0.25, -0.2) is 0 Å². The summed E-state index contributed by atoms with van der Waals surface area (Å²) in [5.74, 6) is 0.713. The van der Waals surface area contributed by atoms with Gasteiger partial charge in [0.25, 0.3) is 0 Å². The van der Waals surface area contributed by atoms with Crippen LogP contribution in [0, 0.1) is 12.8 Å². The van der Waals surface area contributed by atoms with Crippen molar-refractivity contribution >= 4 is 5.91 Å². The van der Waals surface area contributed by atoms with Crippen LogP contribution in [0.25, 0.3) is 0 Å². The highest BCUT2D eigenvalue weighted by atomic mass is 16.2. The van der Waals surface area contributed by atoms with Gasteiger partial charge < -0.3 is 10.6 Å². The number of rotatable bonds is 3. The summed E-state index contributed by atoms with van der Waals surface area (Å²) in [5, 5.41) is 0. The second kappa shape index (κ2) is 7.48. The Morgan fingerprint density at radius 1 is 1.17 bits per heavy atom. The summed E-state index contributed by atoms with van der Waals surface area (Å²) in [6, 6.07) is 9.16. The van der Waals surface area contributed by atoms with Crippen molar-refractivity contribution < 1.29 is 4.79 Å². The maximum Gasteiger partial charge on any atom is 0.223 e. The van der Waals surface area contributed by atoms with Gasteiger partial charge in [0.1, 0.15) is 0 Å². The van der Waals surface area contributed by atoms with Crippen molar-refractivity contribution in [2.75, 3.05) is 6.54 Å². The van der Waals surface area contributed by atoms with Crippen molar-refractivity contribution in [2.45, 2.75) is 70.4 Å². The third kappa shape index (κ3) is 3.95. The van der Waals surface area contributed by atoms with E-state index in [1.54, 1.807) is 0 Å². The van der Waals surface area contributed by atoms with Crippen LogP contribution in [0.4, 0.5) is 0 Å². The molecule has 1 aromatic carbocycles. The van der Waals surface area contributed by atoms with Crippen molar-refractivity contribution in [2.24, 2.45) is 11.7 Å². The molecule has 2 aliphatic rings. The average molecular weight is 314 g/mol. The van der Waals surface area contributed by atoms with Gasteiger partial charge in [-0.1, -0.05) is 49.1 Å². The normalized spacial score (nSPS) is 28.6. The predicted octanol–water partition coefficient (Wildman–Crippen LogP) is 3.96. The lowest BCUT2D eigenvalue weighted by molar-refractivity contribution is -0.134. The predicted molar refractivity (Wildman–Crippen MR) is 94.0 cm³/mol. The van der Waals surface area contributed by atoms with E-state index < -0.39 is 0 Å². The summed E-state index contributed by atoms with van der Waals surface area (Å²) in [5.41, 5.74) is 8.76. The summed E-state index contributed by atoms with van der Waals surface area (Å²) in [4.78, 5) is 15.2. The maximum absolute atomic E-state index is 13.0. The molecule has 0 radical (unpaired) electrons. The van der Waals surface area contributed by atoms with E-state index in [4.69, 9.17) is 5.73 Å². The molecule has 23 heavy (non-hydrogen) atoms. The van der Waals surface area contributed by atoms with Crippen LogP contribution in [-0.2, 0) is 4.79 Å². The molecule has 0 bridgehead atoms. The molecule has 126 valence electrons. The van der Waals surface area contributed by atoms with Gasteiger partial charge in [-0.3, -0.25) is 4.79 Å². The van der Waals surface area contributed by atoms with E-state index in [-0.39, 0.29) is 12.1 Å². The van der Waals surface area contributed by atoms with Gasteiger partial charge >= 0.3 is 0 Å². The third-order valence-electron chi connectivity index (χ3n) is 5.65. The summed E-state index contributed by atoms with van der Waals surface area (Å²) in [6.45, 7) is 3.03. The number of carbonyl (C=O) groups is 1. The van der Waals surface area contributed by atoms with Crippen molar-refractivity contribution in [1.82, 2.24) is 4.90 Å². The largest absolute Gasteiger partial charge is 0.336 e. The molecule has 3 heteroatoms. The van der Waals surface area contributed by atoms with Crippen LogP contribution < -0.4 is 5.73 Å². The van der Waals surface area contributed by atoms with Gasteiger partial charge in [0.15, 0.2) is 0 Å². The van der Waals surface area contributed by atoms with Gasteiger partial charge in [-0.05, 0) is 44.1 Å². The van der Waals surface area contributed by atoms with E-state index >= 15 is 0 Å². The maximum atomic E-state index is 13.0. The summed E-state index contributed by atoms with van der Waals surface area (Å²) >= 11 is 0. The minimum atomic E-state index is 0.225. The molecule has 1 aliphatic carbocycles. The number of hydrogen-bond acceptors (Lipinski definition) is 2. The van der Waals surface area contributed by atoms with Gasteiger partial charge in [0.2, 0.25) is 5.91 Å². The van der Waals surface area contributed by atoms with Crippen LogP contribution in [0.2, 0.25) is 0 Å². The number of nitrogens with two attached hydrogens (primary N) is 1. The van der Waals surface area contributed by atoms with Crippen LogP contribution >= 0.6 is 0 Å². The Bertz CT molecular complexity index is 542. The SMILES string of the molecule is Cc1cccc(C2CCCCCN2C(=O)C[C@@H]2CCC[C@H]2N)c1. The molecule has 0 spiro atoms. The summed E-state index contributed by atoms with van der Waals surface area (Å²) in [6.07, 6.45) is 8.69. The van der Waals surface area contributed by atoms with Gasteiger partial charge in [0, 0.05) is 19.0 Å². The minimum Gasteiger partial charge on any atom is -0.336 e. The lowest BCUT2D eigenvalue weighted by atomic mass is 9.96. The fraction of sp³-hybridized carbons (Fsp3) is 0.650. The zero-order valence-corrected chi connectivity index (χ0v) is 14.3. The number of nitrogens with zero attached hydrogens (tertiary/aromatic N) is 1. The molecule has 1 saturated carbocycles. The van der Waals surface area contributed by atoms with E-state index in [0.29, 0.717) is 18.2 Å². The highest BCUT2D eigenvalue weighted by Gasteiger charge is 2.31. The Hall–Kier alpha value is -1.35. The van der Waals surface area contributed by atoms with E-state index in [2.05, 4.69) is 36.1 Å². The first kappa shape index (κ1) is 16.5.